The topological polar surface area (TPSA) is 59.4 Å². The zero-order valence-corrected chi connectivity index (χ0v) is 6.71. The smallest absolute Gasteiger partial charge is 0.330 e. The summed E-state index contributed by atoms with van der Waals surface area (Å²) in [5, 5.41) is 6.97. The van der Waals surface area contributed by atoms with Crippen LogP contribution >= 0.6 is 0 Å². The van der Waals surface area contributed by atoms with E-state index in [9.17, 15) is 4.79 Å². The molecule has 0 atom stereocenters. The number of ether oxygens (including phenoxy) is 2. The number of nitrogens with one attached hydrogen (secondary N) is 1. The minimum Gasteiger partial charge on any atom is -0.474 e. The van der Waals surface area contributed by atoms with Crippen LogP contribution in [0.15, 0.2) is 25.3 Å². The molecule has 0 bridgehead atoms. The number of hydrogen-bond acceptors (Lipinski definition) is 4. The molecule has 0 aromatic carbocycles. The minimum absolute atomic E-state index is 0.0374. The highest BCUT2D eigenvalue weighted by molar-refractivity contribution is 5.84. The summed E-state index contributed by atoms with van der Waals surface area (Å²) in [6.07, 6.45) is 2.33. The summed E-state index contributed by atoms with van der Waals surface area (Å²) in [5.74, 6) is -0.534. The van der Waals surface area contributed by atoms with Crippen molar-refractivity contribution in [2.45, 2.75) is 0 Å². The standard InChI is InChI=1S/C8H11NO3/c1-3-7(9)11-5-6-12-8(10)4-2/h3-4,9H,1-2,5-6H2. The second-order valence-electron chi connectivity index (χ2n) is 1.79. The van der Waals surface area contributed by atoms with Crippen molar-refractivity contribution in [1.29, 1.82) is 5.41 Å². The van der Waals surface area contributed by atoms with Crippen LogP contribution in [-0.2, 0) is 14.3 Å². The molecule has 0 aliphatic rings. The Morgan fingerprint density at radius 2 is 1.83 bits per heavy atom. The van der Waals surface area contributed by atoms with Gasteiger partial charge in [-0.1, -0.05) is 13.2 Å². The lowest BCUT2D eigenvalue weighted by Gasteiger charge is -2.03. The van der Waals surface area contributed by atoms with Crippen LogP contribution in [0.1, 0.15) is 0 Å². The van der Waals surface area contributed by atoms with Gasteiger partial charge in [0.2, 0.25) is 5.90 Å². The van der Waals surface area contributed by atoms with E-state index in [1.165, 1.54) is 6.08 Å². The number of hydrogen-bond donors (Lipinski definition) is 1. The van der Waals surface area contributed by atoms with Gasteiger partial charge in [-0.2, -0.15) is 0 Å². The van der Waals surface area contributed by atoms with Crippen LogP contribution in [0.25, 0.3) is 0 Å². The second kappa shape index (κ2) is 6.15. The highest BCUT2D eigenvalue weighted by Gasteiger charge is 1.95. The van der Waals surface area contributed by atoms with Gasteiger partial charge in [0.1, 0.15) is 13.2 Å². The van der Waals surface area contributed by atoms with Crippen molar-refractivity contribution in [1.82, 2.24) is 0 Å². The van der Waals surface area contributed by atoms with Gasteiger partial charge in [-0.05, 0) is 6.08 Å². The van der Waals surface area contributed by atoms with E-state index in [-0.39, 0.29) is 19.1 Å². The fourth-order valence-corrected chi connectivity index (χ4v) is 0.412. The average Bonchev–Trinajstić information content (AvgIpc) is 2.11. The van der Waals surface area contributed by atoms with Gasteiger partial charge in [-0.3, -0.25) is 5.41 Å². The molecule has 0 unspecified atom stereocenters. The van der Waals surface area contributed by atoms with Crippen molar-refractivity contribution in [2.75, 3.05) is 13.2 Å². The molecule has 0 heterocycles. The van der Waals surface area contributed by atoms with Crippen LogP contribution in [0.3, 0.4) is 0 Å². The van der Waals surface area contributed by atoms with Gasteiger partial charge in [0, 0.05) is 6.08 Å². The maximum atomic E-state index is 10.5. The lowest BCUT2D eigenvalue weighted by molar-refractivity contribution is -0.138. The van der Waals surface area contributed by atoms with Crippen molar-refractivity contribution >= 4 is 11.9 Å². The van der Waals surface area contributed by atoms with E-state index in [1.807, 2.05) is 0 Å². The number of carbonyl (C=O) groups excluding carboxylic acids is 1. The Balaban J connectivity index is 3.32. The van der Waals surface area contributed by atoms with Crippen molar-refractivity contribution < 1.29 is 14.3 Å². The van der Waals surface area contributed by atoms with Gasteiger partial charge < -0.3 is 9.47 Å². The Labute approximate surface area is 71.0 Å². The Hall–Kier alpha value is -1.58. The molecule has 0 amide bonds. The molecule has 4 nitrogen and oxygen atoms in total. The molecule has 4 heteroatoms. The van der Waals surface area contributed by atoms with Crippen LogP contribution in [-0.4, -0.2) is 25.1 Å². The Morgan fingerprint density at radius 3 is 2.33 bits per heavy atom. The van der Waals surface area contributed by atoms with Crippen LogP contribution in [0.4, 0.5) is 0 Å². The molecule has 0 aromatic rings. The summed E-state index contributed by atoms with van der Waals surface area (Å²) in [4.78, 5) is 10.5. The molecule has 0 spiro atoms. The zero-order valence-electron chi connectivity index (χ0n) is 6.71. The van der Waals surface area contributed by atoms with Gasteiger partial charge in [0.15, 0.2) is 0 Å². The van der Waals surface area contributed by atoms with Gasteiger partial charge in [0.05, 0.1) is 0 Å². The Morgan fingerprint density at radius 1 is 1.25 bits per heavy atom. The van der Waals surface area contributed by atoms with Crippen molar-refractivity contribution in [2.24, 2.45) is 0 Å². The van der Waals surface area contributed by atoms with E-state index in [0.29, 0.717) is 0 Å². The van der Waals surface area contributed by atoms with Crippen LogP contribution in [0.5, 0.6) is 0 Å². The molecular formula is C8H11NO3. The Bertz CT molecular complexity index is 176. The van der Waals surface area contributed by atoms with Crippen LogP contribution in [0.2, 0.25) is 0 Å². The summed E-state index contributed by atoms with van der Waals surface area (Å²) in [5.41, 5.74) is 0. The summed E-state index contributed by atoms with van der Waals surface area (Å²) in [6, 6.07) is 0. The highest BCUT2D eigenvalue weighted by atomic mass is 16.6. The number of esters is 1. The molecule has 1 N–H and O–H groups in total. The predicted molar refractivity (Wildman–Crippen MR) is 45.0 cm³/mol. The van der Waals surface area contributed by atoms with Gasteiger partial charge in [0.25, 0.3) is 0 Å². The largest absolute Gasteiger partial charge is 0.474 e. The van der Waals surface area contributed by atoms with E-state index in [4.69, 9.17) is 10.1 Å². The molecule has 0 saturated carbocycles. The fourth-order valence-electron chi connectivity index (χ4n) is 0.412. The van der Waals surface area contributed by atoms with Gasteiger partial charge >= 0.3 is 5.97 Å². The third-order valence-electron chi connectivity index (χ3n) is 0.937. The van der Waals surface area contributed by atoms with E-state index in [2.05, 4.69) is 17.9 Å². The first-order chi connectivity index (χ1) is 5.70. The normalized spacial score (nSPS) is 8.33. The quantitative estimate of drug-likeness (QED) is 0.218. The summed E-state index contributed by atoms with van der Waals surface area (Å²) < 4.78 is 9.31. The lowest BCUT2D eigenvalue weighted by atomic mass is 10.6. The molecule has 0 radical (unpaired) electrons. The van der Waals surface area contributed by atoms with Crippen LogP contribution in [0, 0.1) is 5.41 Å². The Kier molecular flexibility index (Phi) is 5.34. The fraction of sp³-hybridized carbons (Fsp3) is 0.250. The molecule has 0 rings (SSSR count). The predicted octanol–water partition coefficient (Wildman–Crippen LogP) is 0.895. The maximum Gasteiger partial charge on any atom is 0.330 e. The lowest BCUT2D eigenvalue weighted by Crippen LogP contribution is -2.10. The van der Waals surface area contributed by atoms with Crippen molar-refractivity contribution in [3.8, 4) is 0 Å². The van der Waals surface area contributed by atoms with E-state index >= 15 is 0 Å². The van der Waals surface area contributed by atoms with Gasteiger partial charge in [-0.25, -0.2) is 4.79 Å². The molecule has 0 aliphatic carbocycles. The molecular weight excluding hydrogens is 158 g/mol. The zero-order chi connectivity index (χ0) is 9.40. The van der Waals surface area contributed by atoms with Gasteiger partial charge in [-0.15, -0.1) is 0 Å². The van der Waals surface area contributed by atoms with Crippen molar-refractivity contribution in [3.63, 3.8) is 0 Å². The molecule has 0 aromatic heterocycles. The highest BCUT2D eigenvalue weighted by Crippen LogP contribution is 1.83. The second-order valence-corrected chi connectivity index (χ2v) is 1.79. The molecule has 12 heavy (non-hydrogen) atoms. The first-order valence-corrected chi connectivity index (χ1v) is 3.33. The monoisotopic (exact) mass is 169 g/mol. The molecule has 0 fully saturated rings. The summed E-state index contributed by atoms with van der Waals surface area (Å²) >= 11 is 0. The average molecular weight is 169 g/mol. The maximum absolute atomic E-state index is 10.5. The van der Waals surface area contributed by atoms with Crippen LogP contribution < -0.4 is 0 Å². The third-order valence-corrected chi connectivity index (χ3v) is 0.937. The molecule has 0 saturated heterocycles. The van der Waals surface area contributed by atoms with E-state index < -0.39 is 5.97 Å². The van der Waals surface area contributed by atoms with Crippen molar-refractivity contribution in [3.05, 3.63) is 25.3 Å². The first kappa shape index (κ1) is 10.4. The molecule has 0 aliphatic heterocycles. The summed E-state index contributed by atoms with van der Waals surface area (Å²) in [7, 11) is 0. The number of rotatable bonds is 5. The third kappa shape index (κ3) is 5.22. The van der Waals surface area contributed by atoms with E-state index in [0.717, 1.165) is 6.08 Å². The number of carbonyl (C=O) groups is 1. The summed E-state index contributed by atoms with van der Waals surface area (Å²) in [6.45, 7) is 6.80. The minimum atomic E-state index is -0.497. The molecule has 66 valence electrons. The first-order valence-electron chi connectivity index (χ1n) is 3.33. The van der Waals surface area contributed by atoms with E-state index in [1.54, 1.807) is 0 Å². The SMILES string of the molecule is C=CC(=N)OCCOC(=O)C=C.